The van der Waals surface area contributed by atoms with Crippen molar-refractivity contribution >= 4 is 52.3 Å². The molecule has 0 spiro atoms. The van der Waals surface area contributed by atoms with Crippen molar-refractivity contribution in [2.75, 3.05) is 7.11 Å². The number of carboxylic acids is 1. The van der Waals surface area contributed by atoms with Gasteiger partial charge in [0.25, 0.3) is 11.5 Å². The molecule has 0 bridgehead atoms. The van der Waals surface area contributed by atoms with Gasteiger partial charge in [-0.3, -0.25) is 9.59 Å². The Labute approximate surface area is 226 Å². The molecular weight excluding hydrogens is 480 g/mol. The predicted molar refractivity (Wildman–Crippen MR) is 131 cm³/mol. The van der Waals surface area contributed by atoms with E-state index in [2.05, 4.69) is 15.3 Å². The van der Waals surface area contributed by atoms with Crippen LogP contribution in [0.3, 0.4) is 0 Å². The Morgan fingerprint density at radius 3 is 2.53 bits per heavy atom. The first-order valence-electron chi connectivity index (χ1n) is 10.4. The van der Waals surface area contributed by atoms with Gasteiger partial charge in [0.1, 0.15) is 17.7 Å². The summed E-state index contributed by atoms with van der Waals surface area (Å²) in [6, 6.07) is 15.4. The number of nitrogens with one attached hydrogen (secondary N) is 2. The van der Waals surface area contributed by atoms with Crippen LogP contribution in [-0.4, -0.2) is 63.6 Å². The molecule has 1 aromatic heterocycles. The van der Waals surface area contributed by atoms with Crippen molar-refractivity contribution in [3.63, 3.8) is 0 Å². The quantitative estimate of drug-likeness (QED) is 0.317. The second-order valence-corrected chi connectivity index (χ2v) is 7.51. The number of amides is 1. The second kappa shape index (κ2) is 11.8. The first kappa shape index (κ1) is 26.9. The molecule has 1 heterocycles. The normalized spacial score (nSPS) is 10.4. The van der Waals surface area contributed by atoms with Crippen LogP contribution in [-0.2, 0) is 13.2 Å². The zero-order valence-electron chi connectivity index (χ0n) is 18.5. The van der Waals surface area contributed by atoms with E-state index in [-0.39, 0.29) is 70.7 Å². The summed E-state index contributed by atoms with van der Waals surface area (Å²) >= 11 is 0. The number of halogens is 1. The van der Waals surface area contributed by atoms with Crippen LogP contribution in [0, 0.1) is 5.82 Å². The fourth-order valence-corrected chi connectivity index (χ4v) is 3.37. The number of methoxy groups -OCH3 is 1. The van der Waals surface area contributed by atoms with Crippen molar-refractivity contribution < 1.29 is 28.6 Å². The maximum atomic E-state index is 14.5. The topological polar surface area (TPSA) is 131 Å². The Morgan fingerprint density at radius 1 is 1.08 bits per heavy atom. The van der Waals surface area contributed by atoms with Crippen LogP contribution in [0.2, 0.25) is 0 Å². The van der Waals surface area contributed by atoms with Gasteiger partial charge in [0.15, 0.2) is 17.4 Å². The Bertz CT molecular complexity index is 1470. The van der Waals surface area contributed by atoms with Crippen LogP contribution in [0.25, 0.3) is 10.9 Å². The molecule has 0 saturated carbocycles. The molecule has 3 N–H and O–H groups in total. The van der Waals surface area contributed by atoms with Crippen molar-refractivity contribution in [2.24, 2.45) is 0 Å². The Morgan fingerprint density at radius 2 is 1.83 bits per heavy atom. The van der Waals surface area contributed by atoms with Crippen molar-refractivity contribution in [3.8, 4) is 11.5 Å². The van der Waals surface area contributed by atoms with Gasteiger partial charge in [-0.25, -0.2) is 14.2 Å². The van der Waals surface area contributed by atoms with E-state index >= 15 is 0 Å². The molecule has 11 heteroatoms. The molecule has 4 rings (SSSR count). The van der Waals surface area contributed by atoms with Gasteiger partial charge in [-0.2, -0.15) is 0 Å². The number of carboxylic acid groups (broad SMARTS) is 1. The van der Waals surface area contributed by atoms with Gasteiger partial charge in [-0.05, 0) is 47.5 Å². The van der Waals surface area contributed by atoms with E-state index in [1.165, 1.54) is 37.4 Å². The average Bonchev–Trinajstić information content (AvgIpc) is 2.87. The molecule has 4 aromatic rings. The number of aromatic carboxylic acids is 1. The molecule has 0 fully saturated rings. The number of fused-ring (bicyclic) bond motifs is 1. The average molecular weight is 501 g/mol. The summed E-state index contributed by atoms with van der Waals surface area (Å²) in [7, 11) is 1.54. The van der Waals surface area contributed by atoms with Crippen LogP contribution in [0.5, 0.6) is 11.5 Å². The number of H-pyrrole nitrogens is 1. The summed E-state index contributed by atoms with van der Waals surface area (Å²) in [6.07, 6.45) is 0. The first-order chi connectivity index (χ1) is 16.9. The predicted octanol–water partition coefficient (Wildman–Crippen LogP) is 2.63. The van der Waals surface area contributed by atoms with Gasteiger partial charge < -0.3 is 24.9 Å². The minimum absolute atomic E-state index is 0. The minimum atomic E-state index is -1.07. The van der Waals surface area contributed by atoms with Gasteiger partial charge in [0, 0.05) is 6.54 Å². The fraction of sp³-hybridized carbons (Fsp3) is 0.120. The number of aromatic nitrogens is 2. The number of rotatable bonds is 8. The monoisotopic (exact) mass is 501 g/mol. The van der Waals surface area contributed by atoms with E-state index in [1.807, 2.05) is 0 Å². The van der Waals surface area contributed by atoms with Crippen LogP contribution < -0.4 is 20.3 Å². The SMILES string of the molecule is COc1cccc(CNC(=O)c2nc3ccc(F)c(OCc4ccc(C(=O)O)cc4)c3c(=O)[nH]2)c1.[NaH]. The molecular formula is C25H21FN3NaO6. The number of ether oxygens (including phenoxy) is 2. The molecule has 0 aliphatic heterocycles. The number of nitrogens with zero attached hydrogens (tertiary/aromatic N) is 1. The third kappa shape index (κ3) is 6.09. The number of hydrogen-bond donors (Lipinski definition) is 3. The van der Waals surface area contributed by atoms with Gasteiger partial charge in [0.05, 0.1) is 18.2 Å². The molecule has 0 aliphatic rings. The van der Waals surface area contributed by atoms with Crippen LogP contribution in [0.15, 0.2) is 65.5 Å². The summed E-state index contributed by atoms with van der Waals surface area (Å²) < 4.78 is 25.2. The maximum absolute atomic E-state index is 14.5. The van der Waals surface area contributed by atoms with Crippen molar-refractivity contribution in [3.05, 3.63) is 99.3 Å². The van der Waals surface area contributed by atoms with Gasteiger partial charge in [-0.1, -0.05) is 24.3 Å². The Balaban J connectivity index is 0.00000361. The third-order valence-electron chi connectivity index (χ3n) is 5.17. The van der Waals surface area contributed by atoms with E-state index in [0.29, 0.717) is 11.3 Å². The number of aromatic amines is 1. The van der Waals surface area contributed by atoms with Crippen molar-refractivity contribution in [1.29, 1.82) is 0 Å². The number of carbonyl (C=O) groups excluding carboxylic acids is 1. The Kier molecular flexibility index (Phi) is 8.81. The molecule has 1 amide bonds. The summed E-state index contributed by atoms with van der Waals surface area (Å²) in [6.45, 7) is 0.0639. The molecule has 180 valence electrons. The third-order valence-corrected chi connectivity index (χ3v) is 5.17. The zero-order chi connectivity index (χ0) is 24.9. The Hall–Kier alpha value is -3.73. The van der Waals surface area contributed by atoms with Crippen LogP contribution >= 0.6 is 0 Å². The number of benzene rings is 3. The molecule has 0 unspecified atom stereocenters. The summed E-state index contributed by atoms with van der Waals surface area (Å²) in [5.74, 6) is -2.37. The second-order valence-electron chi connectivity index (χ2n) is 7.51. The number of hydrogen-bond acceptors (Lipinski definition) is 6. The van der Waals surface area contributed by atoms with E-state index in [0.717, 1.165) is 11.6 Å². The zero-order valence-corrected chi connectivity index (χ0v) is 18.5. The summed E-state index contributed by atoms with van der Waals surface area (Å²) in [5, 5.41) is 11.5. The van der Waals surface area contributed by atoms with Gasteiger partial charge >= 0.3 is 35.5 Å². The summed E-state index contributed by atoms with van der Waals surface area (Å²) in [4.78, 5) is 42.9. The first-order valence-corrected chi connectivity index (χ1v) is 10.4. The van der Waals surface area contributed by atoms with E-state index in [1.54, 1.807) is 24.3 Å². The molecule has 9 nitrogen and oxygen atoms in total. The van der Waals surface area contributed by atoms with Gasteiger partial charge in [-0.15, -0.1) is 0 Å². The van der Waals surface area contributed by atoms with E-state index < -0.39 is 23.3 Å². The molecule has 3 aromatic carbocycles. The fourth-order valence-electron chi connectivity index (χ4n) is 3.37. The molecule has 0 aliphatic carbocycles. The standard InChI is InChI=1S/C25H20FN3O6.Na.H/c1-34-17-4-2-3-15(11-17)12-27-24(31)22-28-19-10-9-18(26)21(20(19)23(30)29-22)35-13-14-5-7-16(8-6-14)25(32)33;;/h2-11H,12-13H2,1H3,(H,27,31)(H,32,33)(H,28,29,30);;. The van der Waals surface area contributed by atoms with E-state index in [4.69, 9.17) is 14.6 Å². The molecule has 0 radical (unpaired) electrons. The molecule has 36 heavy (non-hydrogen) atoms. The van der Waals surface area contributed by atoms with Crippen LogP contribution in [0.4, 0.5) is 4.39 Å². The van der Waals surface area contributed by atoms with Gasteiger partial charge in [0.2, 0.25) is 0 Å². The number of carbonyl (C=O) groups is 2. The van der Waals surface area contributed by atoms with Crippen molar-refractivity contribution in [2.45, 2.75) is 13.2 Å². The molecule has 0 saturated heterocycles. The van der Waals surface area contributed by atoms with Crippen molar-refractivity contribution in [1.82, 2.24) is 15.3 Å². The molecule has 0 atom stereocenters. The summed E-state index contributed by atoms with van der Waals surface area (Å²) in [5.41, 5.74) is 0.803. The van der Waals surface area contributed by atoms with E-state index in [9.17, 15) is 18.8 Å². The van der Waals surface area contributed by atoms with Crippen LogP contribution in [0.1, 0.15) is 32.1 Å².